The molecule has 3 rings (SSSR count). The molecule has 0 spiro atoms. The van der Waals surface area contributed by atoms with Gasteiger partial charge in [-0.2, -0.15) is 5.10 Å². The summed E-state index contributed by atoms with van der Waals surface area (Å²) in [5.41, 5.74) is 0.695. The average molecular weight is 462 g/mol. The zero-order valence-corrected chi connectivity index (χ0v) is 20.5. The summed E-state index contributed by atoms with van der Waals surface area (Å²) in [6.07, 6.45) is 5.89. The fourth-order valence-corrected chi connectivity index (χ4v) is 4.77. The predicted molar refractivity (Wildman–Crippen MR) is 127 cm³/mol. The van der Waals surface area contributed by atoms with Crippen molar-refractivity contribution in [2.24, 2.45) is 13.0 Å². The van der Waals surface area contributed by atoms with Crippen LogP contribution < -0.4 is 10.5 Å². The molecule has 33 heavy (non-hydrogen) atoms. The lowest BCUT2D eigenvalue weighted by Gasteiger charge is -2.41. The summed E-state index contributed by atoms with van der Waals surface area (Å²) in [5.74, 6) is 0.314. The van der Waals surface area contributed by atoms with E-state index in [0.29, 0.717) is 26.2 Å². The maximum Gasteiger partial charge on any atom is 0.268 e. The Labute approximate surface area is 196 Å². The number of hydrogen-bond donors (Lipinski definition) is 0. The maximum atomic E-state index is 13.6. The number of amides is 2. The highest BCUT2D eigenvalue weighted by Gasteiger charge is 2.34. The van der Waals surface area contributed by atoms with Crippen molar-refractivity contribution in [2.75, 3.05) is 44.2 Å². The van der Waals surface area contributed by atoms with Crippen molar-refractivity contribution in [3.63, 3.8) is 0 Å². The van der Waals surface area contributed by atoms with Crippen molar-refractivity contribution in [1.82, 2.24) is 19.6 Å². The van der Waals surface area contributed by atoms with Crippen LogP contribution in [-0.4, -0.2) is 82.9 Å². The summed E-state index contributed by atoms with van der Waals surface area (Å²) >= 11 is 0. The Kier molecular flexibility index (Phi) is 8.88. The van der Waals surface area contributed by atoms with E-state index in [1.807, 2.05) is 18.7 Å². The first-order chi connectivity index (χ1) is 15.8. The van der Waals surface area contributed by atoms with Gasteiger partial charge in [-0.3, -0.25) is 14.4 Å². The van der Waals surface area contributed by atoms with Crippen molar-refractivity contribution < 1.29 is 14.3 Å². The molecule has 184 valence electrons. The van der Waals surface area contributed by atoms with Crippen LogP contribution >= 0.6 is 0 Å². The van der Waals surface area contributed by atoms with Gasteiger partial charge in [0.2, 0.25) is 11.8 Å². The smallest absolute Gasteiger partial charge is 0.268 e. The van der Waals surface area contributed by atoms with E-state index >= 15 is 0 Å². The van der Waals surface area contributed by atoms with E-state index in [0.717, 1.165) is 50.9 Å². The summed E-state index contributed by atoms with van der Waals surface area (Å²) < 4.78 is 7.02. The minimum absolute atomic E-state index is 0.0161. The highest BCUT2D eigenvalue weighted by Crippen LogP contribution is 2.26. The normalized spacial score (nSPS) is 18.1. The van der Waals surface area contributed by atoms with Crippen LogP contribution in [0.3, 0.4) is 0 Å². The quantitative estimate of drug-likeness (QED) is 0.547. The lowest BCUT2D eigenvalue weighted by atomic mass is 9.93. The molecule has 0 radical (unpaired) electrons. The van der Waals surface area contributed by atoms with Gasteiger partial charge in [0.05, 0.1) is 18.0 Å². The van der Waals surface area contributed by atoms with Gasteiger partial charge >= 0.3 is 0 Å². The standard InChI is InChI=1S/C24H39N5O4/c1-18(2)33-15-5-10-29(21-8-13-27(14-9-21)19(3)30)24(32)20-6-11-28(12-7-20)22-16-23(31)26(4)25-17-22/h16-18,20-21H,5-15H2,1-4H3. The number of carbonyl (C=O) groups is 2. The summed E-state index contributed by atoms with van der Waals surface area (Å²) in [4.78, 5) is 43.3. The predicted octanol–water partition coefficient (Wildman–Crippen LogP) is 1.65. The number of piperidine rings is 2. The Morgan fingerprint density at radius 2 is 1.82 bits per heavy atom. The molecule has 9 nitrogen and oxygen atoms in total. The van der Waals surface area contributed by atoms with Crippen LogP contribution in [0.1, 0.15) is 52.9 Å². The van der Waals surface area contributed by atoms with Crippen molar-refractivity contribution in [3.05, 3.63) is 22.6 Å². The molecular formula is C24H39N5O4. The molecule has 0 atom stereocenters. The van der Waals surface area contributed by atoms with Gasteiger partial charge in [-0.05, 0) is 46.0 Å². The third-order valence-corrected chi connectivity index (χ3v) is 6.79. The van der Waals surface area contributed by atoms with Crippen LogP contribution in [0.4, 0.5) is 5.69 Å². The van der Waals surface area contributed by atoms with Gasteiger partial charge in [0, 0.05) is 71.3 Å². The van der Waals surface area contributed by atoms with E-state index < -0.39 is 0 Å². The zero-order chi connectivity index (χ0) is 24.0. The molecule has 2 aliphatic rings. The van der Waals surface area contributed by atoms with Gasteiger partial charge in [0.25, 0.3) is 5.56 Å². The summed E-state index contributed by atoms with van der Waals surface area (Å²) in [6.45, 7) is 9.87. The Morgan fingerprint density at radius 3 is 2.39 bits per heavy atom. The van der Waals surface area contributed by atoms with Crippen molar-refractivity contribution in [2.45, 2.75) is 65.0 Å². The molecule has 9 heteroatoms. The number of anilines is 1. The first kappa shape index (κ1) is 25.2. The second kappa shape index (κ2) is 11.6. The minimum atomic E-state index is -0.127. The third kappa shape index (κ3) is 6.79. The van der Waals surface area contributed by atoms with Crippen molar-refractivity contribution >= 4 is 17.5 Å². The first-order valence-corrected chi connectivity index (χ1v) is 12.2. The average Bonchev–Trinajstić information content (AvgIpc) is 2.80. The molecule has 3 heterocycles. The second-order valence-electron chi connectivity index (χ2n) is 9.48. The molecule has 0 aliphatic carbocycles. The topological polar surface area (TPSA) is 88.0 Å². The molecule has 0 aromatic carbocycles. The monoisotopic (exact) mass is 461 g/mol. The molecule has 0 saturated carbocycles. The molecule has 0 bridgehead atoms. The van der Waals surface area contributed by atoms with Gasteiger partial charge in [0.15, 0.2) is 0 Å². The van der Waals surface area contributed by atoms with Gasteiger partial charge in [-0.25, -0.2) is 4.68 Å². The number of ether oxygens (including phenoxy) is 1. The molecule has 2 amide bonds. The highest BCUT2D eigenvalue weighted by molar-refractivity contribution is 5.79. The van der Waals surface area contributed by atoms with Gasteiger partial charge in [0.1, 0.15) is 0 Å². The van der Waals surface area contributed by atoms with Crippen LogP contribution in [0.25, 0.3) is 0 Å². The van der Waals surface area contributed by atoms with Crippen LogP contribution in [0.2, 0.25) is 0 Å². The number of aromatic nitrogens is 2. The van der Waals surface area contributed by atoms with E-state index in [1.165, 1.54) is 4.68 Å². The number of aryl methyl sites for hydroxylation is 1. The van der Waals surface area contributed by atoms with E-state index in [9.17, 15) is 14.4 Å². The summed E-state index contributed by atoms with van der Waals surface area (Å²) in [6, 6.07) is 1.78. The number of carbonyl (C=O) groups excluding carboxylic acids is 2. The highest BCUT2D eigenvalue weighted by atomic mass is 16.5. The third-order valence-electron chi connectivity index (χ3n) is 6.79. The minimum Gasteiger partial charge on any atom is -0.379 e. The molecule has 1 aromatic rings. The molecule has 0 unspecified atom stereocenters. The molecular weight excluding hydrogens is 422 g/mol. The van der Waals surface area contributed by atoms with E-state index in [1.54, 1.807) is 26.2 Å². The number of rotatable bonds is 8. The fraction of sp³-hybridized carbons (Fsp3) is 0.750. The largest absolute Gasteiger partial charge is 0.379 e. The van der Waals surface area contributed by atoms with E-state index in [2.05, 4.69) is 14.9 Å². The zero-order valence-electron chi connectivity index (χ0n) is 20.5. The molecule has 2 fully saturated rings. The molecule has 2 aliphatic heterocycles. The van der Waals surface area contributed by atoms with Crippen LogP contribution in [0, 0.1) is 5.92 Å². The van der Waals surface area contributed by atoms with Crippen molar-refractivity contribution in [1.29, 1.82) is 0 Å². The Hall–Kier alpha value is -2.42. The lowest BCUT2D eigenvalue weighted by molar-refractivity contribution is -0.140. The van der Waals surface area contributed by atoms with Gasteiger partial charge in [-0.1, -0.05) is 0 Å². The lowest BCUT2D eigenvalue weighted by Crippen LogP contribution is -2.51. The summed E-state index contributed by atoms with van der Waals surface area (Å²) in [7, 11) is 1.64. The van der Waals surface area contributed by atoms with Crippen LogP contribution in [0.5, 0.6) is 0 Å². The number of hydrogen-bond acceptors (Lipinski definition) is 6. The molecule has 0 N–H and O–H groups in total. The number of nitrogens with zero attached hydrogens (tertiary/aromatic N) is 5. The molecule has 2 saturated heterocycles. The van der Waals surface area contributed by atoms with Gasteiger partial charge in [-0.15, -0.1) is 0 Å². The summed E-state index contributed by atoms with van der Waals surface area (Å²) in [5, 5.41) is 4.12. The van der Waals surface area contributed by atoms with Crippen molar-refractivity contribution in [3.8, 4) is 0 Å². The van der Waals surface area contributed by atoms with Gasteiger partial charge < -0.3 is 19.4 Å². The maximum absolute atomic E-state index is 13.6. The Bertz CT molecular complexity index is 855. The van der Waals surface area contributed by atoms with E-state index in [-0.39, 0.29) is 35.4 Å². The molecule has 1 aromatic heterocycles. The Balaban J connectivity index is 1.60. The Morgan fingerprint density at radius 1 is 1.15 bits per heavy atom. The van der Waals surface area contributed by atoms with E-state index in [4.69, 9.17) is 4.74 Å². The van der Waals surface area contributed by atoms with Crippen LogP contribution in [-0.2, 0) is 21.4 Å². The first-order valence-electron chi connectivity index (χ1n) is 12.2. The fourth-order valence-electron chi connectivity index (χ4n) is 4.77. The SMILES string of the molecule is CC(=O)N1CCC(N(CCCOC(C)C)C(=O)C2CCN(c3cnn(C)c(=O)c3)CC2)CC1. The van der Waals surface area contributed by atoms with Crippen LogP contribution in [0.15, 0.2) is 17.1 Å². The number of likely N-dealkylation sites (tertiary alicyclic amines) is 1. The second-order valence-corrected chi connectivity index (χ2v) is 9.48.